The van der Waals surface area contributed by atoms with E-state index < -0.39 is 11.9 Å². The molecule has 0 fully saturated rings. The molecule has 0 heterocycles. The SMILES string of the molecule is C=C(C)C(=O)OCCOCCOCCOc1ccccc1-c1cccc(-c2c(OCCOCCOCCOC(=O)C(=C)C)ccc3cc(C#N)ccc23)c1. The maximum Gasteiger partial charge on any atom is 0.333 e. The Morgan fingerprint density at radius 3 is 1.70 bits per heavy atom. The van der Waals surface area contributed by atoms with Crippen LogP contribution >= 0.6 is 0 Å². The molecule has 0 atom stereocenters. The quantitative estimate of drug-likeness (QED) is 0.0414. The average Bonchev–Trinajstić information content (AvgIpc) is 3.18. The predicted octanol–water partition coefficient (Wildman–Crippen LogP) is 7.11. The van der Waals surface area contributed by atoms with E-state index in [-0.39, 0.29) is 26.4 Å². The third-order valence-corrected chi connectivity index (χ3v) is 7.79. The van der Waals surface area contributed by atoms with Crippen LogP contribution in [0.2, 0.25) is 0 Å². The Hall–Kier alpha value is -5.51. The molecular formula is C43H47NO10. The molecule has 4 aromatic rings. The number of ether oxygens (including phenoxy) is 8. The van der Waals surface area contributed by atoms with Crippen molar-refractivity contribution in [3.05, 3.63) is 109 Å². The molecule has 0 aliphatic carbocycles. The fourth-order valence-corrected chi connectivity index (χ4v) is 5.17. The lowest BCUT2D eigenvalue weighted by Crippen LogP contribution is -2.14. The molecule has 11 nitrogen and oxygen atoms in total. The second-order valence-corrected chi connectivity index (χ2v) is 12.0. The van der Waals surface area contributed by atoms with Crippen LogP contribution in [0.15, 0.2) is 103 Å². The van der Waals surface area contributed by atoms with Crippen molar-refractivity contribution in [3.63, 3.8) is 0 Å². The number of para-hydroxylation sites is 1. The van der Waals surface area contributed by atoms with Crippen LogP contribution in [0.3, 0.4) is 0 Å². The molecule has 0 bridgehead atoms. The van der Waals surface area contributed by atoms with E-state index >= 15 is 0 Å². The molecule has 0 amide bonds. The minimum Gasteiger partial charge on any atom is -0.491 e. The average molecular weight is 738 g/mol. The highest BCUT2D eigenvalue weighted by molar-refractivity contribution is 6.01. The number of fused-ring (bicyclic) bond motifs is 1. The lowest BCUT2D eigenvalue weighted by atomic mass is 9.93. The van der Waals surface area contributed by atoms with Gasteiger partial charge in [-0.1, -0.05) is 61.7 Å². The minimum atomic E-state index is -0.438. The second-order valence-electron chi connectivity index (χ2n) is 12.0. The molecule has 0 N–H and O–H groups in total. The predicted molar refractivity (Wildman–Crippen MR) is 205 cm³/mol. The van der Waals surface area contributed by atoms with Crippen LogP contribution in [0.5, 0.6) is 11.5 Å². The summed E-state index contributed by atoms with van der Waals surface area (Å²) in [7, 11) is 0. The zero-order valence-corrected chi connectivity index (χ0v) is 30.9. The number of hydrogen-bond donors (Lipinski definition) is 0. The Bertz CT molecular complexity index is 1910. The van der Waals surface area contributed by atoms with Crippen molar-refractivity contribution in [1.29, 1.82) is 5.26 Å². The molecule has 0 unspecified atom stereocenters. The van der Waals surface area contributed by atoms with Gasteiger partial charge in [0.2, 0.25) is 0 Å². The van der Waals surface area contributed by atoms with Crippen molar-refractivity contribution < 1.29 is 47.5 Å². The van der Waals surface area contributed by atoms with Gasteiger partial charge in [0.25, 0.3) is 0 Å². The maximum atomic E-state index is 11.4. The highest BCUT2D eigenvalue weighted by Crippen LogP contribution is 2.40. The summed E-state index contributed by atoms with van der Waals surface area (Å²) in [4.78, 5) is 22.8. The van der Waals surface area contributed by atoms with Crippen LogP contribution in [0, 0.1) is 11.3 Å². The molecule has 0 aliphatic rings. The number of carbonyl (C=O) groups excluding carboxylic acids is 2. The summed E-state index contributed by atoms with van der Waals surface area (Å²) < 4.78 is 44.7. The number of carbonyl (C=O) groups is 2. The summed E-state index contributed by atoms with van der Waals surface area (Å²) in [5.41, 5.74) is 4.99. The zero-order chi connectivity index (χ0) is 38.5. The van der Waals surface area contributed by atoms with Gasteiger partial charge in [0.15, 0.2) is 0 Å². The summed E-state index contributed by atoms with van der Waals surface area (Å²) in [6, 6.07) is 27.7. The first-order chi connectivity index (χ1) is 26.3. The van der Waals surface area contributed by atoms with Gasteiger partial charge >= 0.3 is 11.9 Å². The summed E-state index contributed by atoms with van der Waals surface area (Å²) >= 11 is 0. The largest absolute Gasteiger partial charge is 0.491 e. The standard InChI is InChI=1S/C43H47NO10/c1-31(2)42(45)53-26-22-49-18-16-47-20-24-51-39-11-6-5-10-37(39)34-8-7-9-36(29-34)41-38-14-12-33(30-44)28-35(38)13-15-40(41)52-25-21-48-17-19-50-23-27-54-43(46)32(3)4/h5-15,28-29H,1,3,16-27H2,2,4H3. The Morgan fingerprint density at radius 2 is 1.11 bits per heavy atom. The molecule has 4 aromatic carbocycles. The molecule has 0 aromatic heterocycles. The number of hydrogen-bond acceptors (Lipinski definition) is 11. The Balaban J connectivity index is 1.35. The molecule has 0 aliphatic heterocycles. The third kappa shape index (κ3) is 13.2. The Morgan fingerprint density at radius 1 is 0.574 bits per heavy atom. The molecule has 4 rings (SSSR count). The first kappa shape index (κ1) is 41.2. The second kappa shape index (κ2) is 22.5. The zero-order valence-electron chi connectivity index (χ0n) is 30.9. The number of rotatable bonds is 24. The van der Waals surface area contributed by atoms with Crippen LogP contribution in [-0.2, 0) is 38.0 Å². The van der Waals surface area contributed by atoms with Gasteiger partial charge in [-0.3, -0.25) is 0 Å². The van der Waals surface area contributed by atoms with Gasteiger partial charge in [-0.15, -0.1) is 0 Å². The summed E-state index contributed by atoms with van der Waals surface area (Å²) in [5.74, 6) is 0.530. The van der Waals surface area contributed by atoms with Gasteiger partial charge in [-0.2, -0.15) is 5.26 Å². The van der Waals surface area contributed by atoms with Gasteiger partial charge in [-0.05, 0) is 66.1 Å². The van der Waals surface area contributed by atoms with E-state index in [1.807, 2.05) is 66.7 Å². The van der Waals surface area contributed by atoms with E-state index in [0.717, 1.165) is 38.8 Å². The first-order valence-electron chi connectivity index (χ1n) is 17.7. The number of esters is 2. The van der Waals surface area contributed by atoms with Crippen molar-refractivity contribution in [2.45, 2.75) is 13.8 Å². The summed E-state index contributed by atoms with van der Waals surface area (Å²) in [6.45, 7) is 14.0. The molecule has 54 heavy (non-hydrogen) atoms. The van der Waals surface area contributed by atoms with Crippen LogP contribution in [0.25, 0.3) is 33.0 Å². The van der Waals surface area contributed by atoms with Crippen LogP contribution in [0.4, 0.5) is 0 Å². The lowest BCUT2D eigenvalue weighted by molar-refractivity contribution is -0.141. The van der Waals surface area contributed by atoms with Gasteiger partial charge in [0, 0.05) is 22.3 Å². The van der Waals surface area contributed by atoms with E-state index in [4.69, 9.17) is 37.9 Å². The van der Waals surface area contributed by atoms with E-state index in [2.05, 4.69) is 25.3 Å². The lowest BCUT2D eigenvalue weighted by Gasteiger charge is -2.17. The monoisotopic (exact) mass is 737 g/mol. The number of benzene rings is 4. The van der Waals surface area contributed by atoms with E-state index in [0.29, 0.717) is 75.3 Å². The van der Waals surface area contributed by atoms with Gasteiger partial charge < -0.3 is 37.9 Å². The smallest absolute Gasteiger partial charge is 0.333 e. The van der Waals surface area contributed by atoms with Crippen molar-refractivity contribution in [3.8, 4) is 39.8 Å². The molecule has 0 radical (unpaired) electrons. The van der Waals surface area contributed by atoms with Crippen LogP contribution < -0.4 is 9.47 Å². The molecule has 0 saturated carbocycles. The molecule has 0 spiro atoms. The van der Waals surface area contributed by atoms with E-state index in [1.165, 1.54) is 0 Å². The normalized spacial score (nSPS) is 10.8. The van der Waals surface area contributed by atoms with Crippen LogP contribution in [-0.4, -0.2) is 91.2 Å². The Kier molecular flexibility index (Phi) is 17.2. The molecule has 0 saturated heterocycles. The summed E-state index contributed by atoms with van der Waals surface area (Å²) in [6.07, 6.45) is 0. The van der Waals surface area contributed by atoms with Gasteiger partial charge in [-0.25, -0.2) is 9.59 Å². The Labute approximate surface area is 316 Å². The van der Waals surface area contributed by atoms with Crippen molar-refractivity contribution in [2.75, 3.05) is 79.3 Å². The summed E-state index contributed by atoms with van der Waals surface area (Å²) in [5, 5.41) is 11.4. The number of nitriles is 1. The van der Waals surface area contributed by atoms with Gasteiger partial charge in [0.05, 0.1) is 64.5 Å². The van der Waals surface area contributed by atoms with Gasteiger partial charge in [0.1, 0.15) is 37.9 Å². The fourth-order valence-electron chi connectivity index (χ4n) is 5.17. The topological polar surface area (TPSA) is 132 Å². The minimum absolute atomic E-state index is 0.154. The maximum absolute atomic E-state index is 11.4. The van der Waals surface area contributed by atoms with Crippen molar-refractivity contribution >= 4 is 22.7 Å². The third-order valence-electron chi connectivity index (χ3n) is 7.79. The van der Waals surface area contributed by atoms with E-state index in [1.54, 1.807) is 19.9 Å². The molecule has 11 heteroatoms. The van der Waals surface area contributed by atoms with Crippen LogP contribution in [0.1, 0.15) is 19.4 Å². The number of nitrogens with zero attached hydrogens (tertiary/aromatic N) is 1. The van der Waals surface area contributed by atoms with Crippen molar-refractivity contribution in [2.24, 2.45) is 0 Å². The van der Waals surface area contributed by atoms with Crippen molar-refractivity contribution in [1.82, 2.24) is 0 Å². The molecule has 284 valence electrons. The highest BCUT2D eigenvalue weighted by Gasteiger charge is 2.15. The fraction of sp³-hybridized carbons (Fsp3) is 0.326. The highest BCUT2D eigenvalue weighted by atomic mass is 16.6. The first-order valence-corrected chi connectivity index (χ1v) is 17.7. The molecular weight excluding hydrogens is 690 g/mol. The van der Waals surface area contributed by atoms with E-state index in [9.17, 15) is 14.9 Å².